The molecule has 3 aromatic rings. The van der Waals surface area contributed by atoms with Crippen molar-refractivity contribution in [2.75, 3.05) is 0 Å². The molecule has 0 aliphatic carbocycles. The zero-order valence-corrected chi connectivity index (χ0v) is 14.0. The number of hydrogen-bond acceptors (Lipinski definition) is 5. The average molecular weight is 365 g/mol. The van der Waals surface area contributed by atoms with Crippen LogP contribution in [0.2, 0.25) is 0 Å². The van der Waals surface area contributed by atoms with Crippen LogP contribution in [-0.2, 0) is 11.2 Å². The van der Waals surface area contributed by atoms with Crippen LogP contribution < -0.4 is 5.32 Å². The third kappa shape index (κ3) is 3.90. The lowest BCUT2D eigenvalue weighted by Crippen LogP contribution is -2.42. The number of carbonyl (C=O) groups excluding carboxylic acids is 1. The highest BCUT2D eigenvalue weighted by molar-refractivity contribution is 6.06. The summed E-state index contributed by atoms with van der Waals surface area (Å²) in [6.45, 7) is 0. The SMILES string of the molecule is O=C(N[C@@H](Cc1ccccc1[N+](=O)[O-])C(=O)O)c1cccc2cccnc12. The lowest BCUT2D eigenvalue weighted by Gasteiger charge is -2.15. The van der Waals surface area contributed by atoms with Crippen molar-refractivity contribution in [3.63, 3.8) is 0 Å². The number of nitrogens with zero attached hydrogens (tertiary/aromatic N) is 2. The molecule has 1 heterocycles. The Labute approximate surface area is 153 Å². The average Bonchev–Trinajstić information content (AvgIpc) is 2.67. The van der Waals surface area contributed by atoms with Crippen LogP contribution in [0, 0.1) is 10.1 Å². The summed E-state index contributed by atoms with van der Waals surface area (Å²) in [6, 6.07) is 13.1. The molecule has 0 fully saturated rings. The number of hydrogen-bond donors (Lipinski definition) is 2. The second-order valence-corrected chi connectivity index (χ2v) is 5.83. The summed E-state index contributed by atoms with van der Waals surface area (Å²) in [5.41, 5.74) is 0.727. The van der Waals surface area contributed by atoms with E-state index in [2.05, 4.69) is 10.3 Å². The quantitative estimate of drug-likeness (QED) is 0.511. The number of nitro benzene ring substituents is 1. The van der Waals surface area contributed by atoms with Gasteiger partial charge >= 0.3 is 5.97 Å². The molecule has 0 unspecified atom stereocenters. The van der Waals surface area contributed by atoms with Gasteiger partial charge in [0.25, 0.3) is 11.6 Å². The Kier molecular flexibility index (Phi) is 5.07. The Morgan fingerprint density at radius 1 is 1.11 bits per heavy atom. The summed E-state index contributed by atoms with van der Waals surface area (Å²) >= 11 is 0. The number of nitrogens with one attached hydrogen (secondary N) is 1. The minimum absolute atomic E-state index is 0.190. The Bertz CT molecular complexity index is 1030. The third-order valence-corrected chi connectivity index (χ3v) is 4.09. The minimum Gasteiger partial charge on any atom is -0.480 e. The fourth-order valence-electron chi connectivity index (χ4n) is 2.80. The molecule has 1 atom stereocenters. The van der Waals surface area contributed by atoms with E-state index in [-0.39, 0.29) is 23.2 Å². The number of fused-ring (bicyclic) bond motifs is 1. The van der Waals surface area contributed by atoms with Crippen molar-refractivity contribution < 1.29 is 19.6 Å². The van der Waals surface area contributed by atoms with Crippen LogP contribution in [0.1, 0.15) is 15.9 Å². The van der Waals surface area contributed by atoms with E-state index in [4.69, 9.17) is 0 Å². The molecule has 0 aliphatic heterocycles. The summed E-state index contributed by atoms with van der Waals surface area (Å²) in [7, 11) is 0. The fourth-order valence-corrected chi connectivity index (χ4v) is 2.80. The standard InChI is InChI=1S/C19H15N3O5/c23-18(14-8-3-6-12-7-4-10-20-17(12)14)21-15(19(24)25)11-13-5-1-2-9-16(13)22(26)27/h1-10,15H,11H2,(H,21,23)(H,24,25)/t15-/m0/s1. The number of nitro groups is 1. The fraction of sp³-hybridized carbons (Fsp3) is 0.105. The van der Waals surface area contributed by atoms with Gasteiger partial charge in [0.2, 0.25) is 0 Å². The highest BCUT2D eigenvalue weighted by atomic mass is 16.6. The molecule has 0 spiro atoms. The van der Waals surface area contributed by atoms with E-state index in [0.717, 1.165) is 5.39 Å². The summed E-state index contributed by atoms with van der Waals surface area (Å²) in [6.07, 6.45) is 1.33. The maximum Gasteiger partial charge on any atom is 0.326 e. The van der Waals surface area contributed by atoms with Gasteiger partial charge in [-0.25, -0.2) is 4.79 Å². The third-order valence-electron chi connectivity index (χ3n) is 4.09. The number of carboxylic acids is 1. The van der Waals surface area contributed by atoms with E-state index >= 15 is 0 Å². The van der Waals surface area contributed by atoms with Crippen LogP contribution in [-0.4, -0.2) is 32.9 Å². The number of rotatable bonds is 6. The van der Waals surface area contributed by atoms with Crippen molar-refractivity contribution in [2.45, 2.75) is 12.5 Å². The molecule has 0 radical (unpaired) electrons. The molecule has 136 valence electrons. The molecule has 8 heteroatoms. The molecular weight excluding hydrogens is 350 g/mol. The summed E-state index contributed by atoms with van der Waals surface area (Å²) in [4.78, 5) is 39.0. The Morgan fingerprint density at radius 3 is 2.59 bits per heavy atom. The van der Waals surface area contributed by atoms with Crippen LogP contribution >= 0.6 is 0 Å². The van der Waals surface area contributed by atoms with Gasteiger partial charge in [-0.2, -0.15) is 0 Å². The number of pyridine rings is 1. The van der Waals surface area contributed by atoms with Gasteiger partial charge in [-0.15, -0.1) is 0 Å². The lowest BCUT2D eigenvalue weighted by molar-refractivity contribution is -0.385. The maximum atomic E-state index is 12.6. The maximum absolute atomic E-state index is 12.6. The molecular formula is C19H15N3O5. The number of benzene rings is 2. The van der Waals surface area contributed by atoms with Crippen molar-refractivity contribution >= 4 is 28.5 Å². The van der Waals surface area contributed by atoms with Crippen LogP contribution in [0.25, 0.3) is 10.9 Å². The second kappa shape index (κ2) is 7.61. The van der Waals surface area contributed by atoms with Crippen LogP contribution in [0.3, 0.4) is 0 Å². The molecule has 8 nitrogen and oxygen atoms in total. The van der Waals surface area contributed by atoms with Crippen molar-refractivity contribution in [2.24, 2.45) is 0 Å². The lowest BCUT2D eigenvalue weighted by atomic mass is 10.0. The van der Waals surface area contributed by atoms with E-state index in [0.29, 0.717) is 5.52 Å². The topological polar surface area (TPSA) is 122 Å². The first kappa shape index (κ1) is 18.0. The Morgan fingerprint density at radius 2 is 1.85 bits per heavy atom. The van der Waals surface area contributed by atoms with Crippen LogP contribution in [0.4, 0.5) is 5.69 Å². The van der Waals surface area contributed by atoms with Crippen LogP contribution in [0.15, 0.2) is 60.8 Å². The first-order valence-electron chi connectivity index (χ1n) is 8.07. The molecule has 0 bridgehead atoms. The summed E-state index contributed by atoms with van der Waals surface area (Å²) in [5, 5.41) is 23.8. The van der Waals surface area contributed by atoms with Gasteiger partial charge in [0.1, 0.15) is 6.04 Å². The molecule has 0 saturated heterocycles. The second-order valence-electron chi connectivity index (χ2n) is 5.83. The van der Waals surface area contributed by atoms with Crippen molar-refractivity contribution in [1.29, 1.82) is 0 Å². The van der Waals surface area contributed by atoms with E-state index in [1.54, 1.807) is 42.6 Å². The molecule has 27 heavy (non-hydrogen) atoms. The monoisotopic (exact) mass is 365 g/mol. The van der Waals surface area contributed by atoms with E-state index in [9.17, 15) is 24.8 Å². The first-order valence-corrected chi connectivity index (χ1v) is 8.07. The highest BCUT2D eigenvalue weighted by Gasteiger charge is 2.25. The van der Waals surface area contributed by atoms with E-state index in [1.807, 2.05) is 0 Å². The van der Waals surface area contributed by atoms with Gasteiger partial charge in [0.05, 0.1) is 16.0 Å². The van der Waals surface area contributed by atoms with Crippen LogP contribution in [0.5, 0.6) is 0 Å². The zero-order chi connectivity index (χ0) is 19.4. The number of aromatic nitrogens is 1. The van der Waals surface area contributed by atoms with Crippen molar-refractivity contribution in [3.8, 4) is 0 Å². The number of para-hydroxylation sites is 2. The molecule has 3 rings (SSSR count). The smallest absolute Gasteiger partial charge is 0.326 e. The van der Waals surface area contributed by atoms with Gasteiger partial charge in [-0.3, -0.25) is 19.9 Å². The predicted octanol–water partition coefficient (Wildman–Crippen LogP) is 2.57. The first-order chi connectivity index (χ1) is 13.0. The number of amides is 1. The molecule has 2 aromatic carbocycles. The Hall–Kier alpha value is -3.81. The number of carbonyl (C=O) groups is 2. The summed E-state index contributed by atoms with van der Waals surface area (Å²) in [5.74, 6) is -1.89. The molecule has 1 aromatic heterocycles. The van der Waals surface area contributed by atoms with Crippen molar-refractivity contribution in [1.82, 2.24) is 10.3 Å². The normalized spacial score (nSPS) is 11.7. The van der Waals surface area contributed by atoms with Gasteiger partial charge in [-0.05, 0) is 12.1 Å². The molecule has 2 N–H and O–H groups in total. The predicted molar refractivity (Wildman–Crippen MR) is 97.4 cm³/mol. The zero-order valence-electron chi connectivity index (χ0n) is 14.0. The molecule has 0 saturated carbocycles. The number of carboxylic acid groups (broad SMARTS) is 1. The van der Waals surface area contributed by atoms with E-state index < -0.39 is 22.8 Å². The van der Waals surface area contributed by atoms with Gasteiger partial charge in [-0.1, -0.05) is 36.4 Å². The highest BCUT2D eigenvalue weighted by Crippen LogP contribution is 2.20. The molecule has 1 amide bonds. The summed E-state index contributed by atoms with van der Waals surface area (Å²) < 4.78 is 0. The number of aliphatic carboxylic acids is 1. The van der Waals surface area contributed by atoms with Crippen molar-refractivity contribution in [3.05, 3.63) is 82.0 Å². The molecule has 0 aliphatic rings. The van der Waals surface area contributed by atoms with Gasteiger partial charge < -0.3 is 10.4 Å². The van der Waals surface area contributed by atoms with E-state index in [1.165, 1.54) is 18.2 Å². The Balaban J connectivity index is 1.88. The largest absolute Gasteiger partial charge is 0.480 e. The van der Waals surface area contributed by atoms with Gasteiger partial charge in [0, 0.05) is 29.6 Å². The van der Waals surface area contributed by atoms with Gasteiger partial charge in [0.15, 0.2) is 0 Å². The minimum atomic E-state index is -1.32.